The van der Waals surface area contributed by atoms with Crippen LogP contribution < -0.4 is 5.32 Å². The van der Waals surface area contributed by atoms with Crippen LogP contribution in [0.1, 0.15) is 81.8 Å². The SMILES string of the molecule is Cc1cc(/C=C(\C#N)C(=O)NC2CCN(C(=O)OC(C)C)CC2)c(C)n1C1CCCCC1. The van der Waals surface area contributed by atoms with Gasteiger partial charge in [-0.1, -0.05) is 19.3 Å². The van der Waals surface area contributed by atoms with Crippen LogP contribution in [0, 0.1) is 25.2 Å². The Morgan fingerprint density at radius 1 is 1.16 bits per heavy atom. The summed E-state index contributed by atoms with van der Waals surface area (Å²) in [6.07, 6.45) is 8.74. The monoisotopic (exact) mass is 440 g/mol. The van der Waals surface area contributed by atoms with Crippen LogP contribution in [0.5, 0.6) is 0 Å². The minimum atomic E-state index is -0.349. The summed E-state index contributed by atoms with van der Waals surface area (Å²) in [6.45, 7) is 8.89. The van der Waals surface area contributed by atoms with Gasteiger partial charge in [0.15, 0.2) is 0 Å². The van der Waals surface area contributed by atoms with Crippen LogP contribution >= 0.6 is 0 Å². The van der Waals surface area contributed by atoms with Gasteiger partial charge in [-0.25, -0.2) is 4.79 Å². The average molecular weight is 441 g/mol. The molecule has 7 heteroatoms. The summed E-state index contributed by atoms with van der Waals surface area (Å²) in [5.74, 6) is -0.349. The molecule has 174 valence electrons. The molecule has 1 saturated heterocycles. The van der Waals surface area contributed by atoms with Crippen molar-refractivity contribution in [2.24, 2.45) is 0 Å². The van der Waals surface area contributed by atoms with Crippen LogP contribution in [0.15, 0.2) is 11.6 Å². The minimum absolute atomic E-state index is 0.0583. The van der Waals surface area contributed by atoms with Crippen molar-refractivity contribution in [2.75, 3.05) is 13.1 Å². The molecule has 2 aliphatic rings. The molecule has 1 aromatic heterocycles. The number of carbonyl (C=O) groups excluding carboxylic acids is 2. The predicted molar refractivity (Wildman–Crippen MR) is 124 cm³/mol. The van der Waals surface area contributed by atoms with E-state index in [0.29, 0.717) is 32.0 Å². The van der Waals surface area contributed by atoms with Crippen LogP contribution in [0.4, 0.5) is 4.79 Å². The Morgan fingerprint density at radius 3 is 2.41 bits per heavy atom. The molecular weight excluding hydrogens is 404 g/mol. The first-order chi connectivity index (χ1) is 15.3. The number of hydrogen-bond acceptors (Lipinski definition) is 4. The van der Waals surface area contributed by atoms with Gasteiger partial charge in [0.1, 0.15) is 11.6 Å². The summed E-state index contributed by atoms with van der Waals surface area (Å²) in [4.78, 5) is 26.5. The lowest BCUT2D eigenvalue weighted by molar-refractivity contribution is -0.118. The first-order valence-corrected chi connectivity index (χ1v) is 11.9. The molecule has 1 saturated carbocycles. The number of piperidine rings is 1. The Balaban J connectivity index is 1.63. The van der Waals surface area contributed by atoms with Gasteiger partial charge >= 0.3 is 6.09 Å². The highest BCUT2D eigenvalue weighted by molar-refractivity contribution is 6.02. The molecule has 0 atom stereocenters. The molecule has 0 aromatic carbocycles. The van der Waals surface area contributed by atoms with Crippen LogP contribution in [-0.4, -0.2) is 46.7 Å². The number of hydrogen-bond donors (Lipinski definition) is 1. The summed E-state index contributed by atoms with van der Waals surface area (Å²) in [5, 5.41) is 12.6. The number of carbonyl (C=O) groups is 2. The molecule has 1 aliphatic heterocycles. The Hall–Kier alpha value is -2.75. The lowest BCUT2D eigenvalue weighted by atomic mass is 9.95. The van der Waals surface area contributed by atoms with E-state index in [0.717, 1.165) is 11.3 Å². The van der Waals surface area contributed by atoms with Crippen molar-refractivity contribution >= 4 is 18.1 Å². The van der Waals surface area contributed by atoms with Crippen molar-refractivity contribution < 1.29 is 14.3 Å². The van der Waals surface area contributed by atoms with E-state index in [4.69, 9.17) is 4.74 Å². The predicted octanol–water partition coefficient (Wildman–Crippen LogP) is 4.64. The van der Waals surface area contributed by atoms with Gasteiger partial charge in [0.2, 0.25) is 0 Å². The Labute approximate surface area is 191 Å². The van der Waals surface area contributed by atoms with E-state index in [2.05, 4.69) is 35.9 Å². The second-order valence-electron chi connectivity index (χ2n) is 9.33. The first kappa shape index (κ1) is 23.9. The van der Waals surface area contributed by atoms with Crippen molar-refractivity contribution in [1.29, 1.82) is 5.26 Å². The van der Waals surface area contributed by atoms with E-state index in [1.54, 1.807) is 11.0 Å². The molecule has 2 heterocycles. The fraction of sp³-hybridized carbons (Fsp3) is 0.640. The summed E-state index contributed by atoms with van der Waals surface area (Å²) >= 11 is 0. The maximum absolute atomic E-state index is 12.8. The number of rotatable bonds is 5. The number of ether oxygens (including phenoxy) is 1. The molecule has 1 aromatic rings. The Morgan fingerprint density at radius 2 is 1.81 bits per heavy atom. The Kier molecular flexibility index (Phi) is 8.00. The fourth-order valence-electron chi connectivity index (χ4n) is 4.90. The molecule has 0 bridgehead atoms. The highest BCUT2D eigenvalue weighted by Crippen LogP contribution is 2.32. The van der Waals surface area contributed by atoms with E-state index in [9.17, 15) is 14.9 Å². The van der Waals surface area contributed by atoms with Gasteiger partial charge in [-0.05, 0) is 71.1 Å². The minimum Gasteiger partial charge on any atom is -0.447 e. The van der Waals surface area contributed by atoms with Crippen molar-refractivity contribution in [3.8, 4) is 6.07 Å². The maximum Gasteiger partial charge on any atom is 0.410 e. The van der Waals surface area contributed by atoms with E-state index >= 15 is 0 Å². The first-order valence-electron chi connectivity index (χ1n) is 11.9. The third kappa shape index (κ3) is 5.73. The van der Waals surface area contributed by atoms with Gasteiger partial charge < -0.3 is 19.5 Å². The number of aryl methyl sites for hydroxylation is 1. The van der Waals surface area contributed by atoms with Gasteiger partial charge in [-0.15, -0.1) is 0 Å². The van der Waals surface area contributed by atoms with Crippen LogP contribution in [0.25, 0.3) is 6.08 Å². The van der Waals surface area contributed by atoms with E-state index in [-0.39, 0.29) is 29.7 Å². The normalized spacial score (nSPS) is 18.5. The van der Waals surface area contributed by atoms with Crippen LogP contribution in [0.2, 0.25) is 0 Å². The van der Waals surface area contributed by atoms with Crippen LogP contribution in [0.3, 0.4) is 0 Å². The summed E-state index contributed by atoms with van der Waals surface area (Å²) < 4.78 is 7.62. The maximum atomic E-state index is 12.8. The fourth-order valence-corrected chi connectivity index (χ4v) is 4.90. The van der Waals surface area contributed by atoms with E-state index < -0.39 is 0 Å². The Bertz CT molecular complexity index is 895. The molecule has 7 nitrogen and oxygen atoms in total. The zero-order valence-corrected chi connectivity index (χ0v) is 19.8. The van der Waals surface area contributed by atoms with Gasteiger partial charge in [0, 0.05) is 36.6 Å². The molecule has 1 N–H and O–H groups in total. The van der Waals surface area contributed by atoms with Gasteiger partial charge in [-0.3, -0.25) is 4.79 Å². The van der Waals surface area contributed by atoms with Gasteiger partial charge in [-0.2, -0.15) is 5.26 Å². The zero-order chi connectivity index (χ0) is 23.3. The summed E-state index contributed by atoms with van der Waals surface area (Å²) in [7, 11) is 0. The van der Waals surface area contributed by atoms with Gasteiger partial charge in [0.05, 0.1) is 6.10 Å². The molecular formula is C25H36N4O3. The molecule has 2 amide bonds. The summed E-state index contributed by atoms with van der Waals surface area (Å²) in [5.41, 5.74) is 3.35. The number of nitrogens with zero attached hydrogens (tertiary/aromatic N) is 3. The standard InChI is InChI=1S/C25H36N4O3/c1-17(2)32-25(31)28-12-10-22(11-13-28)27-24(30)21(16-26)15-20-14-18(3)29(19(20)4)23-8-6-5-7-9-23/h14-15,17,22-23H,5-13H2,1-4H3,(H,27,30)/b21-15+. The third-order valence-corrected chi connectivity index (χ3v) is 6.55. The van der Waals surface area contributed by atoms with Crippen molar-refractivity contribution in [1.82, 2.24) is 14.8 Å². The van der Waals surface area contributed by atoms with Crippen molar-refractivity contribution in [3.63, 3.8) is 0 Å². The smallest absolute Gasteiger partial charge is 0.410 e. The quantitative estimate of drug-likeness (QED) is 0.534. The van der Waals surface area contributed by atoms with Gasteiger partial charge in [0.25, 0.3) is 5.91 Å². The summed E-state index contributed by atoms with van der Waals surface area (Å²) in [6, 6.07) is 4.61. The second kappa shape index (κ2) is 10.7. The molecule has 0 spiro atoms. The number of amides is 2. The molecule has 32 heavy (non-hydrogen) atoms. The van der Waals surface area contributed by atoms with E-state index in [1.807, 2.05) is 13.8 Å². The van der Waals surface area contributed by atoms with Crippen LogP contribution in [-0.2, 0) is 9.53 Å². The van der Waals surface area contributed by atoms with Crippen molar-refractivity contribution in [3.05, 3.63) is 28.6 Å². The number of nitriles is 1. The zero-order valence-electron chi connectivity index (χ0n) is 19.8. The van der Waals surface area contributed by atoms with Crippen molar-refractivity contribution in [2.45, 2.75) is 90.8 Å². The number of nitrogens with one attached hydrogen (secondary N) is 1. The highest BCUT2D eigenvalue weighted by Gasteiger charge is 2.26. The topological polar surface area (TPSA) is 87.4 Å². The second-order valence-corrected chi connectivity index (χ2v) is 9.33. The molecule has 1 aliphatic carbocycles. The molecule has 3 rings (SSSR count). The average Bonchev–Trinajstić information content (AvgIpc) is 3.05. The third-order valence-electron chi connectivity index (χ3n) is 6.55. The molecule has 0 radical (unpaired) electrons. The molecule has 2 fully saturated rings. The number of aromatic nitrogens is 1. The highest BCUT2D eigenvalue weighted by atomic mass is 16.6. The molecule has 0 unspecified atom stereocenters. The lowest BCUT2D eigenvalue weighted by Crippen LogP contribution is -2.47. The number of likely N-dealkylation sites (tertiary alicyclic amines) is 1. The largest absolute Gasteiger partial charge is 0.447 e. The lowest BCUT2D eigenvalue weighted by Gasteiger charge is -2.32. The van der Waals surface area contributed by atoms with E-state index in [1.165, 1.54) is 37.8 Å².